The van der Waals surface area contributed by atoms with Crippen LogP contribution in [0.2, 0.25) is 0 Å². The van der Waals surface area contributed by atoms with Crippen molar-refractivity contribution < 1.29 is 0 Å². The standard InChI is InChI=1S/C53H39N/c1-34-15-14-16-35(31-34)38-17-8-13-26-51(38)54(36-27-29-43-39-18-4-9-22-45(39)52(2,3)49(43)32-36)37-28-30-44-42-21-7-12-25-48(42)53(50(44)33-37)46-23-10-5-19-40(46)41-20-6-11-24-47(41)53/h4-33H,1-3H3. The number of para-hydroxylation sites is 1. The highest BCUT2D eigenvalue weighted by Gasteiger charge is 2.51. The smallest absolute Gasteiger partial charge is 0.0726 e. The van der Waals surface area contributed by atoms with Gasteiger partial charge in [0.2, 0.25) is 0 Å². The molecule has 8 aromatic rings. The summed E-state index contributed by atoms with van der Waals surface area (Å²) in [6, 6.07) is 68.4. The summed E-state index contributed by atoms with van der Waals surface area (Å²) in [7, 11) is 0. The first kappa shape index (κ1) is 31.1. The average molecular weight is 690 g/mol. The van der Waals surface area contributed by atoms with E-state index in [1.165, 1.54) is 83.5 Å². The molecular formula is C53H39N. The summed E-state index contributed by atoms with van der Waals surface area (Å²) in [5.41, 5.74) is 22.7. The Morgan fingerprint density at radius 1 is 0.352 bits per heavy atom. The molecule has 0 heterocycles. The van der Waals surface area contributed by atoms with Gasteiger partial charge in [0.05, 0.1) is 11.1 Å². The summed E-state index contributed by atoms with van der Waals surface area (Å²) in [6.07, 6.45) is 0. The van der Waals surface area contributed by atoms with Crippen molar-refractivity contribution in [3.05, 3.63) is 221 Å². The normalized spacial score (nSPS) is 14.5. The van der Waals surface area contributed by atoms with Gasteiger partial charge in [-0.3, -0.25) is 0 Å². The van der Waals surface area contributed by atoms with Crippen LogP contribution in [0.5, 0.6) is 0 Å². The van der Waals surface area contributed by atoms with E-state index in [0.717, 1.165) is 17.1 Å². The van der Waals surface area contributed by atoms with Crippen molar-refractivity contribution in [2.75, 3.05) is 4.90 Å². The quantitative estimate of drug-likeness (QED) is 0.178. The second-order valence-corrected chi connectivity index (χ2v) is 15.7. The highest BCUT2D eigenvalue weighted by molar-refractivity contribution is 5.97. The van der Waals surface area contributed by atoms with Crippen molar-refractivity contribution in [2.45, 2.75) is 31.6 Å². The Balaban J connectivity index is 1.20. The van der Waals surface area contributed by atoms with Crippen LogP contribution in [0.1, 0.15) is 52.8 Å². The zero-order valence-corrected chi connectivity index (χ0v) is 30.8. The molecule has 54 heavy (non-hydrogen) atoms. The van der Waals surface area contributed by atoms with Gasteiger partial charge >= 0.3 is 0 Å². The van der Waals surface area contributed by atoms with Crippen LogP contribution < -0.4 is 4.90 Å². The Morgan fingerprint density at radius 2 is 0.796 bits per heavy atom. The Hall–Kier alpha value is -6.44. The molecule has 0 N–H and O–H groups in total. The van der Waals surface area contributed by atoms with Gasteiger partial charge in [-0.15, -0.1) is 0 Å². The molecule has 11 rings (SSSR count). The minimum Gasteiger partial charge on any atom is -0.310 e. The van der Waals surface area contributed by atoms with Crippen LogP contribution in [0.4, 0.5) is 17.1 Å². The number of hydrogen-bond donors (Lipinski definition) is 0. The maximum absolute atomic E-state index is 2.51. The van der Waals surface area contributed by atoms with Crippen molar-refractivity contribution in [3.8, 4) is 44.5 Å². The number of benzene rings is 8. The largest absolute Gasteiger partial charge is 0.310 e. The molecule has 0 bridgehead atoms. The van der Waals surface area contributed by atoms with Crippen LogP contribution in [0.25, 0.3) is 44.5 Å². The van der Waals surface area contributed by atoms with E-state index >= 15 is 0 Å². The molecule has 1 heteroatoms. The van der Waals surface area contributed by atoms with Crippen LogP contribution in [0.3, 0.4) is 0 Å². The third-order valence-corrected chi connectivity index (χ3v) is 12.5. The summed E-state index contributed by atoms with van der Waals surface area (Å²) in [4.78, 5) is 2.51. The van der Waals surface area contributed by atoms with Crippen molar-refractivity contribution in [2.24, 2.45) is 0 Å². The summed E-state index contributed by atoms with van der Waals surface area (Å²) >= 11 is 0. The first-order valence-electron chi connectivity index (χ1n) is 19.1. The molecule has 0 saturated carbocycles. The van der Waals surface area contributed by atoms with Gasteiger partial charge in [-0.1, -0.05) is 171 Å². The molecule has 0 unspecified atom stereocenters. The highest BCUT2D eigenvalue weighted by atomic mass is 15.1. The van der Waals surface area contributed by atoms with E-state index in [0.29, 0.717) is 0 Å². The molecule has 0 amide bonds. The molecule has 0 atom stereocenters. The number of anilines is 3. The van der Waals surface area contributed by atoms with E-state index in [-0.39, 0.29) is 5.41 Å². The molecule has 256 valence electrons. The lowest BCUT2D eigenvalue weighted by Crippen LogP contribution is -2.26. The van der Waals surface area contributed by atoms with Crippen molar-refractivity contribution in [1.29, 1.82) is 0 Å². The van der Waals surface area contributed by atoms with E-state index < -0.39 is 5.41 Å². The predicted octanol–water partition coefficient (Wildman–Crippen LogP) is 13.8. The van der Waals surface area contributed by atoms with Gasteiger partial charge in [-0.2, -0.15) is 0 Å². The molecule has 3 aliphatic carbocycles. The van der Waals surface area contributed by atoms with Crippen LogP contribution in [0, 0.1) is 6.92 Å². The maximum Gasteiger partial charge on any atom is 0.0726 e. The molecule has 0 aromatic heterocycles. The minimum atomic E-state index is -0.418. The fourth-order valence-electron chi connectivity index (χ4n) is 10.2. The van der Waals surface area contributed by atoms with Crippen molar-refractivity contribution >= 4 is 17.1 Å². The van der Waals surface area contributed by atoms with E-state index in [9.17, 15) is 0 Å². The van der Waals surface area contributed by atoms with E-state index in [4.69, 9.17) is 0 Å². The number of hydrogen-bond acceptors (Lipinski definition) is 1. The van der Waals surface area contributed by atoms with Crippen LogP contribution >= 0.6 is 0 Å². The average Bonchev–Trinajstić information content (AvgIpc) is 3.77. The van der Waals surface area contributed by atoms with Gasteiger partial charge in [0, 0.05) is 22.4 Å². The number of rotatable bonds is 4. The zero-order valence-electron chi connectivity index (χ0n) is 30.8. The predicted molar refractivity (Wildman–Crippen MR) is 225 cm³/mol. The lowest BCUT2D eigenvalue weighted by atomic mass is 9.70. The fraction of sp³-hybridized carbons (Fsp3) is 0.0943. The number of aryl methyl sites for hydroxylation is 1. The van der Waals surface area contributed by atoms with Gasteiger partial charge in [-0.25, -0.2) is 0 Å². The molecule has 0 saturated heterocycles. The molecule has 1 nitrogen and oxygen atoms in total. The molecule has 8 aromatic carbocycles. The summed E-state index contributed by atoms with van der Waals surface area (Å²) in [5.74, 6) is 0. The molecule has 3 aliphatic rings. The Bertz CT molecular complexity index is 2770. The fourth-order valence-corrected chi connectivity index (χ4v) is 10.2. The van der Waals surface area contributed by atoms with E-state index in [1.807, 2.05) is 0 Å². The molecule has 1 spiro atoms. The lowest BCUT2D eigenvalue weighted by Gasteiger charge is -2.33. The maximum atomic E-state index is 2.51. The Labute approximate surface area is 317 Å². The van der Waals surface area contributed by atoms with Gasteiger partial charge in [0.15, 0.2) is 0 Å². The SMILES string of the molecule is Cc1cccc(-c2ccccc2N(c2ccc3c(c2)C(C)(C)c2ccccc2-3)c2ccc3c(c2)C2(c4ccccc4-c4ccccc42)c2ccccc2-3)c1. The molecule has 0 radical (unpaired) electrons. The Morgan fingerprint density at radius 3 is 1.37 bits per heavy atom. The second-order valence-electron chi connectivity index (χ2n) is 15.7. The first-order valence-corrected chi connectivity index (χ1v) is 19.1. The third-order valence-electron chi connectivity index (χ3n) is 12.5. The van der Waals surface area contributed by atoms with Gasteiger partial charge in [0.1, 0.15) is 0 Å². The number of nitrogens with zero attached hydrogens (tertiary/aromatic N) is 1. The molecule has 0 fully saturated rings. The zero-order chi connectivity index (χ0) is 36.2. The second kappa shape index (κ2) is 11.3. The van der Waals surface area contributed by atoms with Gasteiger partial charge < -0.3 is 4.90 Å². The third kappa shape index (κ3) is 4.10. The topological polar surface area (TPSA) is 3.24 Å². The summed E-state index contributed by atoms with van der Waals surface area (Å²) in [5, 5.41) is 0. The summed E-state index contributed by atoms with van der Waals surface area (Å²) < 4.78 is 0. The Kier molecular flexibility index (Phi) is 6.50. The van der Waals surface area contributed by atoms with Crippen LogP contribution in [-0.2, 0) is 10.8 Å². The van der Waals surface area contributed by atoms with Crippen LogP contribution in [-0.4, -0.2) is 0 Å². The molecule has 0 aliphatic heterocycles. The van der Waals surface area contributed by atoms with E-state index in [1.54, 1.807) is 0 Å². The lowest BCUT2D eigenvalue weighted by molar-refractivity contribution is 0.660. The summed E-state index contributed by atoms with van der Waals surface area (Å²) in [6.45, 7) is 6.93. The van der Waals surface area contributed by atoms with E-state index in [2.05, 4.69) is 208 Å². The van der Waals surface area contributed by atoms with Gasteiger partial charge in [0.25, 0.3) is 0 Å². The first-order chi connectivity index (χ1) is 26.5. The highest BCUT2D eigenvalue weighted by Crippen LogP contribution is 2.63. The molecular weight excluding hydrogens is 651 g/mol. The minimum absolute atomic E-state index is 0.120. The van der Waals surface area contributed by atoms with Gasteiger partial charge in [-0.05, 0) is 110 Å². The number of fused-ring (bicyclic) bond motifs is 13. The van der Waals surface area contributed by atoms with Crippen LogP contribution in [0.15, 0.2) is 182 Å². The monoisotopic (exact) mass is 689 g/mol. The van der Waals surface area contributed by atoms with Crippen molar-refractivity contribution in [1.82, 2.24) is 0 Å². The van der Waals surface area contributed by atoms with Crippen molar-refractivity contribution in [3.63, 3.8) is 0 Å².